The minimum absolute atomic E-state index is 0.411. The van der Waals surface area contributed by atoms with E-state index in [0.29, 0.717) is 33.5 Å². The summed E-state index contributed by atoms with van der Waals surface area (Å²) in [4.78, 5) is 0. The molecule has 0 atom stereocenters. The molecule has 3 aromatic rings. The Morgan fingerprint density at radius 2 is 1.09 bits per heavy atom. The standard InChI is InChI=1S/C25H19BF6O2/c1-15-23(2,3)34-26(33-15)22-13-18(16-4-8-20(9-5-16)24(27,28)29)12-19(14-22)17-6-10-21(11-7-17)25(30,31)32/h4-14H,1H2,2-3H3. The molecule has 4 rings (SSSR count). The lowest BCUT2D eigenvalue weighted by atomic mass is 9.76. The van der Waals surface area contributed by atoms with Crippen molar-refractivity contribution in [3.05, 3.63) is 90.2 Å². The van der Waals surface area contributed by atoms with Crippen LogP contribution < -0.4 is 5.46 Å². The van der Waals surface area contributed by atoms with Gasteiger partial charge in [-0.25, -0.2) is 0 Å². The minimum atomic E-state index is -4.47. The van der Waals surface area contributed by atoms with Crippen LogP contribution in [0, 0.1) is 0 Å². The maximum atomic E-state index is 13.0. The summed E-state index contributed by atoms with van der Waals surface area (Å²) in [7, 11) is -0.829. The van der Waals surface area contributed by atoms with Crippen LogP contribution in [-0.2, 0) is 21.7 Å². The average molecular weight is 476 g/mol. The van der Waals surface area contributed by atoms with Crippen molar-refractivity contribution >= 4 is 12.6 Å². The van der Waals surface area contributed by atoms with Gasteiger partial charge in [0, 0.05) is 0 Å². The van der Waals surface area contributed by atoms with Crippen molar-refractivity contribution in [1.29, 1.82) is 0 Å². The number of alkyl halides is 6. The van der Waals surface area contributed by atoms with Crippen LogP contribution in [0.1, 0.15) is 25.0 Å². The van der Waals surface area contributed by atoms with Crippen molar-refractivity contribution in [2.45, 2.75) is 31.8 Å². The molecule has 34 heavy (non-hydrogen) atoms. The largest absolute Gasteiger partial charge is 0.563 e. The van der Waals surface area contributed by atoms with Crippen molar-refractivity contribution in [3.63, 3.8) is 0 Å². The van der Waals surface area contributed by atoms with Crippen LogP contribution in [0.3, 0.4) is 0 Å². The molecule has 1 aliphatic heterocycles. The molecule has 3 aromatic carbocycles. The van der Waals surface area contributed by atoms with Gasteiger partial charge in [0.05, 0.1) is 16.9 Å². The van der Waals surface area contributed by atoms with Gasteiger partial charge in [0.25, 0.3) is 0 Å². The third kappa shape index (κ3) is 4.84. The first-order valence-electron chi connectivity index (χ1n) is 10.3. The zero-order valence-corrected chi connectivity index (χ0v) is 18.2. The highest BCUT2D eigenvalue weighted by molar-refractivity contribution is 6.62. The molecule has 0 spiro atoms. The second-order valence-corrected chi connectivity index (χ2v) is 8.50. The molecule has 0 aliphatic carbocycles. The smallest absolute Gasteiger partial charge is 0.534 e. The van der Waals surface area contributed by atoms with Crippen molar-refractivity contribution in [3.8, 4) is 22.3 Å². The molecule has 176 valence electrons. The molecular formula is C25H19BF6O2. The predicted octanol–water partition coefficient (Wildman–Crippen LogP) is 7.09. The van der Waals surface area contributed by atoms with E-state index < -0.39 is 36.2 Å². The quantitative estimate of drug-likeness (QED) is 0.297. The number of hydrogen-bond acceptors (Lipinski definition) is 2. The number of benzene rings is 3. The van der Waals surface area contributed by atoms with Gasteiger partial charge in [-0.05, 0) is 71.9 Å². The van der Waals surface area contributed by atoms with Crippen LogP contribution in [0.15, 0.2) is 79.1 Å². The fourth-order valence-corrected chi connectivity index (χ4v) is 3.59. The lowest BCUT2D eigenvalue weighted by Gasteiger charge is -2.16. The summed E-state index contributed by atoms with van der Waals surface area (Å²) in [5.41, 5.74) is 0.347. The normalized spacial score (nSPS) is 16.0. The van der Waals surface area contributed by atoms with E-state index in [1.165, 1.54) is 24.3 Å². The molecule has 1 heterocycles. The highest BCUT2D eigenvalue weighted by Gasteiger charge is 2.43. The van der Waals surface area contributed by atoms with Gasteiger partial charge in [0.2, 0.25) is 0 Å². The Morgan fingerprint density at radius 3 is 1.41 bits per heavy atom. The van der Waals surface area contributed by atoms with E-state index in [1.54, 1.807) is 32.0 Å². The van der Waals surface area contributed by atoms with Gasteiger partial charge in [-0.15, -0.1) is 0 Å². The molecule has 0 radical (unpaired) electrons. The Hall–Kier alpha value is -3.20. The summed E-state index contributed by atoms with van der Waals surface area (Å²) < 4.78 is 89.6. The summed E-state index contributed by atoms with van der Waals surface area (Å²) in [5.74, 6) is 0.411. The molecule has 1 aliphatic rings. The van der Waals surface area contributed by atoms with Crippen molar-refractivity contribution in [2.75, 3.05) is 0 Å². The monoisotopic (exact) mass is 476 g/mol. The van der Waals surface area contributed by atoms with E-state index in [-0.39, 0.29) is 0 Å². The average Bonchev–Trinajstić information content (AvgIpc) is 3.05. The molecule has 1 fully saturated rings. The zero-order chi connectivity index (χ0) is 24.9. The second-order valence-electron chi connectivity index (χ2n) is 8.50. The lowest BCUT2D eigenvalue weighted by Crippen LogP contribution is -2.34. The first-order valence-corrected chi connectivity index (χ1v) is 10.3. The lowest BCUT2D eigenvalue weighted by molar-refractivity contribution is -0.138. The van der Waals surface area contributed by atoms with E-state index in [2.05, 4.69) is 6.58 Å². The summed E-state index contributed by atoms with van der Waals surface area (Å²) >= 11 is 0. The van der Waals surface area contributed by atoms with Gasteiger partial charge in [-0.1, -0.05) is 43.0 Å². The van der Waals surface area contributed by atoms with Gasteiger partial charge in [-0.2, -0.15) is 26.3 Å². The van der Waals surface area contributed by atoms with Crippen LogP contribution in [0.5, 0.6) is 0 Å². The summed E-state index contributed by atoms with van der Waals surface area (Å²) in [6.07, 6.45) is -8.94. The Balaban J connectivity index is 1.79. The molecule has 1 saturated heterocycles. The topological polar surface area (TPSA) is 18.5 Å². The molecule has 9 heteroatoms. The fourth-order valence-electron chi connectivity index (χ4n) is 3.59. The van der Waals surface area contributed by atoms with Crippen LogP contribution in [-0.4, -0.2) is 12.7 Å². The Kier molecular flexibility index (Phi) is 5.80. The number of halogens is 6. The van der Waals surface area contributed by atoms with Gasteiger partial charge >= 0.3 is 19.5 Å². The van der Waals surface area contributed by atoms with E-state index in [1.807, 2.05) is 0 Å². The number of rotatable bonds is 3. The SMILES string of the molecule is C=C1OB(c2cc(-c3ccc(C(F)(F)F)cc3)cc(-c3ccc(C(F)(F)F)cc3)c2)OC1(C)C. The van der Waals surface area contributed by atoms with Gasteiger partial charge in [-0.3, -0.25) is 0 Å². The van der Waals surface area contributed by atoms with Crippen molar-refractivity contribution in [1.82, 2.24) is 0 Å². The molecule has 0 bridgehead atoms. The molecule has 0 amide bonds. The first-order chi connectivity index (χ1) is 15.7. The first kappa shape index (κ1) is 23.9. The van der Waals surface area contributed by atoms with Gasteiger partial charge in [0.1, 0.15) is 5.60 Å². The Labute approximate surface area is 193 Å². The molecule has 0 N–H and O–H groups in total. The molecule has 0 aromatic heterocycles. The number of hydrogen-bond donors (Lipinski definition) is 0. The third-order valence-electron chi connectivity index (χ3n) is 5.64. The van der Waals surface area contributed by atoms with Crippen LogP contribution >= 0.6 is 0 Å². The summed E-state index contributed by atoms with van der Waals surface area (Å²) in [5, 5.41) is 0. The Morgan fingerprint density at radius 1 is 0.676 bits per heavy atom. The van der Waals surface area contributed by atoms with Gasteiger partial charge < -0.3 is 9.31 Å². The molecule has 0 saturated carbocycles. The molecule has 0 unspecified atom stereocenters. The summed E-state index contributed by atoms with van der Waals surface area (Å²) in [6, 6.07) is 14.4. The van der Waals surface area contributed by atoms with E-state index in [4.69, 9.17) is 9.31 Å². The Bertz CT molecular complexity index is 1140. The maximum Gasteiger partial charge on any atom is 0.563 e. The predicted molar refractivity (Wildman–Crippen MR) is 118 cm³/mol. The third-order valence-corrected chi connectivity index (χ3v) is 5.64. The zero-order valence-electron chi connectivity index (χ0n) is 18.2. The minimum Gasteiger partial charge on any atom is -0.534 e. The van der Waals surface area contributed by atoms with Crippen LogP contribution in [0.25, 0.3) is 22.3 Å². The fraction of sp³-hybridized carbons (Fsp3) is 0.200. The van der Waals surface area contributed by atoms with Crippen molar-refractivity contribution < 1.29 is 35.7 Å². The summed E-state index contributed by atoms with van der Waals surface area (Å²) in [6.45, 7) is 7.42. The highest BCUT2D eigenvalue weighted by atomic mass is 19.4. The van der Waals surface area contributed by atoms with Crippen LogP contribution in [0.4, 0.5) is 26.3 Å². The van der Waals surface area contributed by atoms with Gasteiger partial charge in [0.15, 0.2) is 0 Å². The van der Waals surface area contributed by atoms with E-state index in [9.17, 15) is 26.3 Å². The van der Waals surface area contributed by atoms with E-state index in [0.717, 1.165) is 24.3 Å². The second kappa shape index (κ2) is 8.23. The molecular weight excluding hydrogens is 457 g/mol. The molecule has 2 nitrogen and oxygen atoms in total. The maximum absolute atomic E-state index is 13.0. The highest BCUT2D eigenvalue weighted by Crippen LogP contribution is 2.35. The van der Waals surface area contributed by atoms with Crippen molar-refractivity contribution in [2.24, 2.45) is 0 Å². The van der Waals surface area contributed by atoms with Crippen LogP contribution in [0.2, 0.25) is 0 Å². The van der Waals surface area contributed by atoms with E-state index >= 15 is 0 Å².